The van der Waals surface area contributed by atoms with Crippen molar-refractivity contribution in [1.29, 1.82) is 0 Å². The van der Waals surface area contributed by atoms with Crippen LogP contribution < -0.4 is 0 Å². The molecule has 0 saturated heterocycles. The highest BCUT2D eigenvalue weighted by Gasteiger charge is 2.17. The molecule has 0 aliphatic carbocycles. The van der Waals surface area contributed by atoms with Crippen LogP contribution in [0.2, 0.25) is 0 Å². The van der Waals surface area contributed by atoms with E-state index in [-0.39, 0.29) is 5.82 Å². The van der Waals surface area contributed by atoms with Gasteiger partial charge in [0, 0.05) is 21.4 Å². The van der Waals surface area contributed by atoms with Gasteiger partial charge in [0.05, 0.1) is 4.90 Å². The molecular weight excluding hydrogens is 411 g/mol. The van der Waals surface area contributed by atoms with Gasteiger partial charge in [0.25, 0.3) is 0 Å². The third-order valence-electron chi connectivity index (χ3n) is 3.60. The lowest BCUT2D eigenvalue weighted by Gasteiger charge is -2.18. The highest BCUT2D eigenvalue weighted by Crippen LogP contribution is 2.42. The van der Waals surface area contributed by atoms with Crippen molar-refractivity contribution in [2.75, 3.05) is 12.0 Å². The quantitative estimate of drug-likeness (QED) is 0.685. The topological polar surface area (TPSA) is 34.1 Å². The number of hydrogen-bond acceptors (Lipinski definition) is 3. The predicted molar refractivity (Wildman–Crippen MR) is 102 cm³/mol. The fourth-order valence-corrected chi connectivity index (χ4v) is 4.62. The summed E-state index contributed by atoms with van der Waals surface area (Å²) >= 11 is 5.20. The molecule has 0 fully saturated rings. The maximum atomic E-state index is 13.2. The Morgan fingerprint density at radius 1 is 1.00 bits per heavy atom. The molecule has 0 bridgehead atoms. The van der Waals surface area contributed by atoms with Crippen molar-refractivity contribution in [2.45, 2.75) is 4.90 Å². The molecule has 0 amide bonds. The van der Waals surface area contributed by atoms with Crippen LogP contribution in [0.25, 0.3) is 10.5 Å². The molecule has 0 saturated carbocycles. The van der Waals surface area contributed by atoms with Gasteiger partial charge in [-0.3, -0.25) is 0 Å². The van der Waals surface area contributed by atoms with Crippen LogP contribution in [0.5, 0.6) is 0 Å². The van der Waals surface area contributed by atoms with E-state index in [0.29, 0.717) is 4.90 Å². The smallest absolute Gasteiger partial charge is 0.175 e. The van der Waals surface area contributed by atoms with Gasteiger partial charge >= 0.3 is 0 Å². The number of halogens is 2. The van der Waals surface area contributed by atoms with Crippen LogP contribution in [0.3, 0.4) is 0 Å². The van der Waals surface area contributed by atoms with Crippen molar-refractivity contribution in [3.63, 3.8) is 0 Å². The van der Waals surface area contributed by atoms with E-state index in [0.717, 1.165) is 31.8 Å². The van der Waals surface area contributed by atoms with Gasteiger partial charge in [0.1, 0.15) is 5.82 Å². The second-order valence-corrected chi connectivity index (χ2v) is 9.45. The Labute approximate surface area is 153 Å². The minimum atomic E-state index is -3.22. The highest BCUT2D eigenvalue weighted by atomic mass is 79.9. The minimum Gasteiger partial charge on any atom is -0.224 e. The lowest BCUT2D eigenvalue weighted by atomic mass is 10.0. The largest absolute Gasteiger partial charge is 0.224 e. The van der Waals surface area contributed by atoms with Crippen molar-refractivity contribution in [1.82, 2.24) is 0 Å². The van der Waals surface area contributed by atoms with Crippen LogP contribution in [0.1, 0.15) is 11.1 Å². The van der Waals surface area contributed by atoms with Crippen LogP contribution in [0.15, 0.2) is 64.0 Å². The third kappa shape index (κ3) is 3.82. The zero-order valence-electron chi connectivity index (χ0n) is 12.8. The lowest BCUT2D eigenvalue weighted by Crippen LogP contribution is -1.99. The van der Waals surface area contributed by atoms with Gasteiger partial charge in [-0.2, -0.15) is 0 Å². The van der Waals surface area contributed by atoms with Gasteiger partial charge in [-0.05, 0) is 47.0 Å². The van der Waals surface area contributed by atoms with Gasteiger partial charge in [0.15, 0.2) is 9.84 Å². The van der Waals surface area contributed by atoms with Crippen LogP contribution in [-0.2, 0) is 9.84 Å². The molecule has 1 aliphatic rings. The molecule has 0 atom stereocenters. The van der Waals surface area contributed by atoms with E-state index in [9.17, 15) is 12.8 Å². The molecule has 3 rings (SSSR count). The van der Waals surface area contributed by atoms with Crippen LogP contribution in [0, 0.1) is 5.82 Å². The molecule has 2 nitrogen and oxygen atoms in total. The van der Waals surface area contributed by atoms with Crippen molar-refractivity contribution in [2.24, 2.45) is 0 Å². The Balaban J connectivity index is 2.11. The number of rotatable bonds is 3. The molecule has 24 heavy (non-hydrogen) atoms. The van der Waals surface area contributed by atoms with Crippen molar-refractivity contribution < 1.29 is 12.8 Å². The van der Waals surface area contributed by atoms with E-state index >= 15 is 0 Å². The van der Waals surface area contributed by atoms with Gasteiger partial charge in [0.2, 0.25) is 0 Å². The number of hydrogen-bond donors (Lipinski definition) is 0. The molecule has 0 aromatic heterocycles. The average Bonchev–Trinajstić information content (AvgIpc) is 2.55. The first-order valence-corrected chi connectivity index (χ1v) is 10.8. The van der Waals surface area contributed by atoms with Crippen molar-refractivity contribution in [3.8, 4) is 0 Å². The van der Waals surface area contributed by atoms with E-state index in [1.54, 1.807) is 48.2 Å². The van der Waals surface area contributed by atoms with E-state index in [4.69, 9.17) is 0 Å². The summed E-state index contributed by atoms with van der Waals surface area (Å²) in [7, 11) is -3.22. The molecule has 124 valence electrons. The summed E-state index contributed by atoms with van der Waals surface area (Å²) in [5.74, 6) is 0.536. The maximum absolute atomic E-state index is 13.2. The number of thioether (sulfide) groups is 1. The van der Waals surface area contributed by atoms with Gasteiger partial charge in [-0.1, -0.05) is 40.2 Å². The first kappa shape index (κ1) is 17.5. The molecule has 1 heterocycles. The van der Waals surface area contributed by atoms with Crippen LogP contribution >= 0.6 is 27.7 Å². The van der Waals surface area contributed by atoms with E-state index in [1.807, 2.05) is 6.08 Å². The van der Waals surface area contributed by atoms with E-state index < -0.39 is 9.84 Å². The van der Waals surface area contributed by atoms with Crippen LogP contribution in [0.4, 0.5) is 4.39 Å². The normalized spacial score (nSPS) is 15.4. The SMILES string of the molecule is CS(=O)(=O)c1ccc(C2=C(c3ccc(F)cc3)SCC(Br)=C2)cc1. The van der Waals surface area contributed by atoms with Crippen molar-refractivity contribution >= 4 is 48.0 Å². The van der Waals surface area contributed by atoms with Gasteiger partial charge in [-0.25, -0.2) is 12.8 Å². The predicted octanol–water partition coefficient (Wildman–Crippen LogP) is 5.12. The summed E-state index contributed by atoms with van der Waals surface area (Å²) in [4.78, 5) is 1.34. The summed E-state index contributed by atoms with van der Waals surface area (Å²) < 4.78 is 37.5. The van der Waals surface area contributed by atoms with E-state index in [1.165, 1.54) is 18.4 Å². The minimum absolute atomic E-state index is 0.268. The zero-order valence-corrected chi connectivity index (χ0v) is 16.0. The van der Waals surface area contributed by atoms with Gasteiger partial charge < -0.3 is 0 Å². The monoisotopic (exact) mass is 424 g/mol. The summed E-state index contributed by atoms with van der Waals surface area (Å²) in [6, 6.07) is 13.2. The molecule has 0 unspecified atom stereocenters. The average molecular weight is 425 g/mol. The van der Waals surface area contributed by atoms with Crippen molar-refractivity contribution in [3.05, 3.63) is 76.0 Å². The Morgan fingerprint density at radius 3 is 2.17 bits per heavy atom. The first-order chi connectivity index (χ1) is 11.3. The Hall–Kier alpha value is -1.37. The molecule has 2 aromatic carbocycles. The summed E-state index contributed by atoms with van der Waals surface area (Å²) in [5, 5.41) is 0. The van der Waals surface area contributed by atoms with E-state index in [2.05, 4.69) is 15.9 Å². The highest BCUT2D eigenvalue weighted by molar-refractivity contribution is 9.11. The molecule has 0 radical (unpaired) electrons. The molecule has 1 aliphatic heterocycles. The molecule has 0 spiro atoms. The fraction of sp³-hybridized carbons (Fsp3) is 0.111. The molecule has 0 N–H and O–H groups in total. The van der Waals surface area contributed by atoms with Gasteiger partial charge in [-0.15, -0.1) is 11.8 Å². The summed E-state index contributed by atoms with van der Waals surface area (Å²) in [6.45, 7) is 0. The lowest BCUT2D eigenvalue weighted by molar-refractivity contribution is 0.602. The Morgan fingerprint density at radius 2 is 1.58 bits per heavy atom. The standard InChI is InChI=1S/C18H14BrFO2S2/c1-24(21,22)16-8-4-12(5-9-16)17-10-14(19)11-23-18(17)13-2-6-15(20)7-3-13/h2-10H,11H2,1H3. The Kier molecular flexibility index (Phi) is 4.99. The summed E-state index contributed by atoms with van der Waals surface area (Å²) in [6.07, 6.45) is 3.23. The second-order valence-electron chi connectivity index (χ2n) is 5.43. The number of benzene rings is 2. The third-order valence-corrected chi connectivity index (χ3v) is 6.81. The molecular formula is C18H14BrFO2S2. The Bertz CT molecular complexity index is 928. The second kappa shape index (κ2) is 6.86. The van der Waals surface area contributed by atoms with Crippen LogP contribution in [-0.4, -0.2) is 20.4 Å². The first-order valence-electron chi connectivity index (χ1n) is 7.14. The molecule has 2 aromatic rings. The molecule has 6 heteroatoms. The number of sulfone groups is 1. The number of allylic oxidation sites excluding steroid dienone is 2. The zero-order chi connectivity index (χ0) is 17.3. The maximum Gasteiger partial charge on any atom is 0.175 e. The fourth-order valence-electron chi connectivity index (χ4n) is 2.42. The summed E-state index contributed by atoms with van der Waals surface area (Å²) in [5.41, 5.74) is 2.86.